The third-order valence-corrected chi connectivity index (χ3v) is 5.00. The molecule has 0 aromatic heterocycles. The van der Waals surface area contributed by atoms with Crippen molar-refractivity contribution in [2.45, 2.75) is 39.5 Å². The predicted molar refractivity (Wildman–Crippen MR) is 105 cm³/mol. The molecule has 1 aromatic carbocycles. The second kappa shape index (κ2) is 9.23. The van der Waals surface area contributed by atoms with E-state index in [1.807, 2.05) is 30.3 Å². The number of ether oxygens (including phenoxy) is 2. The zero-order chi connectivity index (χ0) is 19.9. The molecule has 1 aliphatic carbocycles. The second-order valence-corrected chi connectivity index (χ2v) is 6.89. The van der Waals surface area contributed by atoms with Crippen LogP contribution in [-0.2, 0) is 19.1 Å². The summed E-state index contributed by atoms with van der Waals surface area (Å²) >= 11 is 0. The summed E-state index contributed by atoms with van der Waals surface area (Å²) in [5.74, 6) is 4.79. The average Bonchev–Trinajstić information content (AvgIpc) is 2.69. The number of benzene rings is 1. The Labute approximate surface area is 161 Å². The average molecular weight is 366 g/mol. The van der Waals surface area contributed by atoms with E-state index < -0.39 is 17.4 Å². The van der Waals surface area contributed by atoms with Crippen molar-refractivity contribution < 1.29 is 19.1 Å². The van der Waals surface area contributed by atoms with Crippen LogP contribution in [0.5, 0.6) is 0 Å². The molecule has 0 bridgehead atoms. The van der Waals surface area contributed by atoms with E-state index in [0.717, 1.165) is 24.0 Å². The number of rotatable bonds is 5. The van der Waals surface area contributed by atoms with Crippen LogP contribution in [0.25, 0.3) is 0 Å². The molecule has 0 saturated heterocycles. The van der Waals surface area contributed by atoms with Gasteiger partial charge in [0.15, 0.2) is 5.41 Å². The third-order valence-electron chi connectivity index (χ3n) is 5.00. The number of carbonyl (C=O) groups excluding carboxylic acids is 2. The lowest BCUT2D eigenvalue weighted by Crippen LogP contribution is -2.41. The van der Waals surface area contributed by atoms with E-state index in [1.54, 1.807) is 0 Å². The summed E-state index contributed by atoms with van der Waals surface area (Å²) in [4.78, 5) is 25.3. The fraction of sp³-hybridized carbons (Fsp3) is 0.391. The Morgan fingerprint density at radius 2 is 1.67 bits per heavy atom. The van der Waals surface area contributed by atoms with Crippen molar-refractivity contribution >= 4 is 11.9 Å². The van der Waals surface area contributed by atoms with E-state index in [-0.39, 0.29) is 12.8 Å². The van der Waals surface area contributed by atoms with E-state index in [0.29, 0.717) is 0 Å². The van der Waals surface area contributed by atoms with Crippen LogP contribution in [-0.4, -0.2) is 26.2 Å². The largest absolute Gasteiger partial charge is 0.468 e. The number of hydrogen-bond donors (Lipinski definition) is 0. The van der Waals surface area contributed by atoms with Crippen LogP contribution in [0.3, 0.4) is 0 Å². The van der Waals surface area contributed by atoms with E-state index in [4.69, 9.17) is 9.47 Å². The molecule has 142 valence electrons. The summed E-state index contributed by atoms with van der Waals surface area (Å²) in [6, 6.07) is 9.45. The number of hydrogen-bond acceptors (Lipinski definition) is 4. The highest BCUT2D eigenvalue weighted by Crippen LogP contribution is 2.37. The lowest BCUT2D eigenvalue weighted by atomic mass is 9.75. The van der Waals surface area contributed by atoms with E-state index in [9.17, 15) is 9.59 Å². The molecule has 2 rings (SSSR count). The first-order valence-electron chi connectivity index (χ1n) is 8.97. The Morgan fingerprint density at radius 1 is 1.04 bits per heavy atom. The van der Waals surface area contributed by atoms with Crippen LogP contribution in [0.15, 0.2) is 53.1 Å². The second-order valence-electron chi connectivity index (χ2n) is 6.89. The van der Waals surface area contributed by atoms with E-state index in [2.05, 4.69) is 31.8 Å². The number of esters is 2. The minimum Gasteiger partial charge on any atom is -0.468 e. The van der Waals surface area contributed by atoms with Crippen molar-refractivity contribution in [3.05, 3.63) is 58.7 Å². The molecule has 0 amide bonds. The van der Waals surface area contributed by atoms with Crippen LogP contribution in [0.4, 0.5) is 0 Å². The van der Waals surface area contributed by atoms with Crippen molar-refractivity contribution in [2.75, 3.05) is 14.2 Å². The van der Waals surface area contributed by atoms with Gasteiger partial charge in [-0.25, -0.2) is 0 Å². The minimum absolute atomic E-state index is 0.0420. The van der Waals surface area contributed by atoms with Crippen molar-refractivity contribution in [1.29, 1.82) is 0 Å². The lowest BCUT2D eigenvalue weighted by molar-refractivity contribution is -0.168. The molecule has 0 heterocycles. The van der Waals surface area contributed by atoms with E-state index >= 15 is 0 Å². The first-order chi connectivity index (χ1) is 12.9. The molecule has 0 fully saturated rings. The van der Waals surface area contributed by atoms with Crippen LogP contribution in [0.1, 0.15) is 45.1 Å². The molecule has 1 aromatic rings. The lowest BCUT2D eigenvalue weighted by Gasteiger charge is -2.29. The summed E-state index contributed by atoms with van der Waals surface area (Å²) in [5, 5.41) is 0. The summed E-state index contributed by atoms with van der Waals surface area (Å²) in [6.45, 7) is 4.18. The smallest absolute Gasteiger partial charge is 0.324 e. The van der Waals surface area contributed by atoms with Gasteiger partial charge in [-0.2, -0.15) is 0 Å². The van der Waals surface area contributed by atoms with Gasteiger partial charge in [-0.15, -0.1) is 0 Å². The zero-order valence-corrected chi connectivity index (χ0v) is 16.4. The van der Waals surface area contributed by atoms with Gasteiger partial charge in [0.1, 0.15) is 0 Å². The van der Waals surface area contributed by atoms with Crippen molar-refractivity contribution in [3.8, 4) is 11.8 Å². The Balaban J connectivity index is 2.34. The molecule has 0 spiro atoms. The Kier molecular flexibility index (Phi) is 7.01. The number of allylic oxidation sites excluding steroid dienone is 4. The molecule has 4 nitrogen and oxygen atoms in total. The zero-order valence-electron chi connectivity index (χ0n) is 16.4. The molecular formula is C23H26O4. The highest BCUT2D eigenvalue weighted by molar-refractivity contribution is 6.00. The molecule has 0 unspecified atom stereocenters. The van der Waals surface area contributed by atoms with E-state index in [1.165, 1.54) is 25.4 Å². The molecular weight excluding hydrogens is 340 g/mol. The summed E-state index contributed by atoms with van der Waals surface area (Å²) in [5.41, 5.74) is 3.00. The molecule has 4 heteroatoms. The highest BCUT2D eigenvalue weighted by Gasteiger charge is 2.48. The van der Waals surface area contributed by atoms with Crippen LogP contribution in [0.2, 0.25) is 0 Å². The maximum Gasteiger partial charge on any atom is 0.324 e. The fourth-order valence-electron chi connectivity index (χ4n) is 3.20. The molecule has 0 N–H and O–H groups in total. The maximum absolute atomic E-state index is 12.7. The highest BCUT2D eigenvalue weighted by atomic mass is 16.5. The SMILES string of the molecule is COC(=O)C(CC#Cc1ccccc1)(CC1=CCC(C)=C(C)C1)C(=O)OC. The topological polar surface area (TPSA) is 52.6 Å². The molecule has 0 aliphatic heterocycles. The van der Waals surface area contributed by atoms with Crippen molar-refractivity contribution in [1.82, 2.24) is 0 Å². The fourth-order valence-corrected chi connectivity index (χ4v) is 3.20. The van der Waals surface area contributed by atoms with Crippen LogP contribution in [0, 0.1) is 17.3 Å². The molecule has 0 saturated carbocycles. The Bertz CT molecular complexity index is 803. The van der Waals surface area contributed by atoms with Gasteiger partial charge < -0.3 is 9.47 Å². The van der Waals surface area contributed by atoms with Crippen molar-refractivity contribution in [2.24, 2.45) is 5.41 Å². The molecule has 1 aliphatic rings. The maximum atomic E-state index is 12.7. The van der Waals surface area contributed by atoms with Gasteiger partial charge in [0.05, 0.1) is 14.2 Å². The number of methoxy groups -OCH3 is 2. The van der Waals surface area contributed by atoms with Crippen molar-refractivity contribution in [3.63, 3.8) is 0 Å². The van der Waals surface area contributed by atoms with Crippen LogP contribution >= 0.6 is 0 Å². The van der Waals surface area contributed by atoms with Gasteiger partial charge in [0.2, 0.25) is 0 Å². The molecule has 27 heavy (non-hydrogen) atoms. The van der Waals surface area contributed by atoms with Crippen LogP contribution < -0.4 is 0 Å². The van der Waals surface area contributed by atoms with Gasteiger partial charge in [-0.3, -0.25) is 9.59 Å². The quantitative estimate of drug-likeness (QED) is 0.339. The molecule has 0 radical (unpaired) electrons. The summed E-state index contributed by atoms with van der Waals surface area (Å²) < 4.78 is 9.97. The Morgan fingerprint density at radius 3 is 2.22 bits per heavy atom. The Hall–Kier alpha value is -2.80. The summed E-state index contributed by atoms with van der Waals surface area (Å²) in [7, 11) is 2.57. The van der Waals surface area contributed by atoms with Gasteiger partial charge >= 0.3 is 11.9 Å². The molecule has 0 atom stereocenters. The summed E-state index contributed by atoms with van der Waals surface area (Å²) in [6.07, 6.45) is 3.96. The minimum atomic E-state index is -1.46. The normalized spacial score (nSPS) is 14.0. The van der Waals surface area contributed by atoms with Gasteiger partial charge in [-0.05, 0) is 45.2 Å². The number of carbonyl (C=O) groups is 2. The monoisotopic (exact) mass is 366 g/mol. The third kappa shape index (κ3) is 4.89. The van der Waals surface area contributed by atoms with Gasteiger partial charge in [0.25, 0.3) is 0 Å². The first-order valence-corrected chi connectivity index (χ1v) is 8.97. The predicted octanol–water partition coefficient (Wildman–Crippen LogP) is 4.21. The first kappa shape index (κ1) is 20.5. The van der Waals surface area contributed by atoms with Gasteiger partial charge in [-0.1, -0.05) is 52.8 Å². The standard InChI is InChI=1S/C23H26O4/c1-17-12-13-20(15-18(17)2)16-23(21(24)26-3,22(25)27-4)14-8-11-19-9-6-5-7-10-19/h5-7,9-10,13H,12,14-16H2,1-4H3. The van der Waals surface area contributed by atoms with Gasteiger partial charge in [0, 0.05) is 12.0 Å².